The SMILES string of the molecule is C[C@@H](OC[C@H]1CC2NC(=O)OC2CN1)c1cc(C(F)(F)F)cc(C(F)(F)F)c1. The second kappa shape index (κ2) is 7.43. The summed E-state index contributed by atoms with van der Waals surface area (Å²) < 4.78 is 88.4. The number of alkyl carbamates (subject to hydrolysis) is 1. The van der Waals surface area contributed by atoms with E-state index in [2.05, 4.69) is 10.6 Å². The molecule has 4 atom stereocenters. The van der Waals surface area contributed by atoms with Crippen molar-refractivity contribution in [2.24, 2.45) is 0 Å². The molecular weight excluding hydrogens is 394 g/mol. The van der Waals surface area contributed by atoms with Crippen molar-refractivity contribution in [3.05, 3.63) is 34.9 Å². The molecule has 3 rings (SSSR count). The van der Waals surface area contributed by atoms with Gasteiger partial charge in [-0.1, -0.05) is 0 Å². The molecule has 2 aliphatic heterocycles. The minimum Gasteiger partial charge on any atom is -0.443 e. The van der Waals surface area contributed by atoms with Gasteiger partial charge < -0.3 is 20.1 Å². The fourth-order valence-electron chi connectivity index (χ4n) is 3.26. The zero-order valence-electron chi connectivity index (χ0n) is 14.7. The molecule has 5 nitrogen and oxygen atoms in total. The van der Waals surface area contributed by atoms with Crippen LogP contribution in [-0.4, -0.2) is 37.4 Å². The second-order valence-corrected chi connectivity index (χ2v) is 6.85. The van der Waals surface area contributed by atoms with E-state index < -0.39 is 35.7 Å². The van der Waals surface area contributed by atoms with Gasteiger partial charge in [-0.05, 0) is 37.1 Å². The number of fused-ring (bicyclic) bond motifs is 1. The maximum absolute atomic E-state index is 13.0. The molecule has 2 heterocycles. The van der Waals surface area contributed by atoms with E-state index >= 15 is 0 Å². The van der Waals surface area contributed by atoms with E-state index in [9.17, 15) is 31.1 Å². The number of hydrogen-bond donors (Lipinski definition) is 2. The Balaban J connectivity index is 1.68. The zero-order valence-corrected chi connectivity index (χ0v) is 14.7. The molecule has 1 amide bonds. The normalized spacial score (nSPS) is 26.4. The van der Waals surface area contributed by atoms with E-state index in [4.69, 9.17) is 9.47 Å². The lowest BCUT2D eigenvalue weighted by Crippen LogP contribution is -2.52. The number of carbonyl (C=O) groups is 1. The summed E-state index contributed by atoms with van der Waals surface area (Å²) in [7, 11) is 0. The summed E-state index contributed by atoms with van der Waals surface area (Å²) in [4.78, 5) is 11.2. The van der Waals surface area contributed by atoms with Crippen LogP contribution in [-0.2, 0) is 21.8 Å². The number of piperidine rings is 1. The monoisotopic (exact) mass is 412 g/mol. The van der Waals surface area contributed by atoms with Crippen LogP contribution in [0.5, 0.6) is 0 Å². The van der Waals surface area contributed by atoms with Crippen molar-refractivity contribution < 1.29 is 40.6 Å². The average molecular weight is 412 g/mol. The Morgan fingerprint density at radius 3 is 2.32 bits per heavy atom. The molecule has 1 aromatic rings. The van der Waals surface area contributed by atoms with Gasteiger partial charge in [-0.2, -0.15) is 26.3 Å². The Kier molecular flexibility index (Phi) is 5.50. The molecule has 1 aromatic carbocycles. The molecule has 28 heavy (non-hydrogen) atoms. The first kappa shape index (κ1) is 20.7. The summed E-state index contributed by atoms with van der Waals surface area (Å²) in [6, 6.07) is 0.980. The van der Waals surface area contributed by atoms with Gasteiger partial charge in [0.1, 0.15) is 6.10 Å². The van der Waals surface area contributed by atoms with Gasteiger partial charge in [0.05, 0.1) is 29.9 Å². The van der Waals surface area contributed by atoms with Crippen LogP contribution in [0.25, 0.3) is 0 Å². The first-order chi connectivity index (χ1) is 12.9. The predicted octanol–water partition coefficient (Wildman–Crippen LogP) is 3.64. The molecule has 2 N–H and O–H groups in total. The lowest BCUT2D eigenvalue weighted by molar-refractivity contribution is -0.143. The van der Waals surface area contributed by atoms with Crippen LogP contribution in [0, 0.1) is 0 Å². The third kappa shape index (κ3) is 4.69. The standard InChI is InChI=1S/C17H18F6N2O3/c1-8(27-7-12-5-13-14(6-24-12)28-15(26)25-13)9-2-10(16(18,19)20)4-11(3-9)17(21,22)23/h2-4,8,12-14,24H,5-7H2,1H3,(H,25,26)/t8-,12-,13?,14?/m1/s1. The Bertz CT molecular complexity index is 704. The largest absolute Gasteiger partial charge is 0.443 e. The van der Waals surface area contributed by atoms with E-state index in [1.807, 2.05) is 0 Å². The van der Waals surface area contributed by atoms with Crippen LogP contribution in [0.15, 0.2) is 18.2 Å². The van der Waals surface area contributed by atoms with Gasteiger partial charge in [0.2, 0.25) is 0 Å². The maximum Gasteiger partial charge on any atom is 0.416 e. The van der Waals surface area contributed by atoms with Gasteiger partial charge in [-0.25, -0.2) is 4.79 Å². The Labute approximate surface area is 156 Å². The first-order valence-electron chi connectivity index (χ1n) is 8.55. The van der Waals surface area contributed by atoms with Crippen LogP contribution in [0.4, 0.5) is 31.1 Å². The van der Waals surface area contributed by atoms with Crippen molar-refractivity contribution in [1.82, 2.24) is 10.6 Å². The number of halogens is 6. The summed E-state index contributed by atoms with van der Waals surface area (Å²) in [5, 5.41) is 5.73. The van der Waals surface area contributed by atoms with E-state index in [0.29, 0.717) is 25.1 Å². The molecule has 0 aromatic heterocycles. The molecular formula is C17H18F6N2O3. The van der Waals surface area contributed by atoms with Gasteiger partial charge >= 0.3 is 18.4 Å². The highest BCUT2D eigenvalue weighted by molar-refractivity contribution is 5.70. The smallest absolute Gasteiger partial charge is 0.416 e. The van der Waals surface area contributed by atoms with Crippen molar-refractivity contribution >= 4 is 6.09 Å². The average Bonchev–Trinajstić information content (AvgIpc) is 2.97. The van der Waals surface area contributed by atoms with Gasteiger partial charge in [-0.3, -0.25) is 0 Å². The molecule has 2 saturated heterocycles. The van der Waals surface area contributed by atoms with Crippen molar-refractivity contribution in [2.45, 2.75) is 50.0 Å². The van der Waals surface area contributed by atoms with Crippen LogP contribution in [0.1, 0.15) is 36.1 Å². The highest BCUT2D eigenvalue weighted by Gasteiger charge is 2.40. The maximum atomic E-state index is 13.0. The molecule has 0 radical (unpaired) electrons. The first-order valence-corrected chi connectivity index (χ1v) is 8.55. The molecule has 0 bridgehead atoms. The van der Waals surface area contributed by atoms with Crippen molar-refractivity contribution in [2.75, 3.05) is 13.2 Å². The molecule has 0 aliphatic carbocycles. The Morgan fingerprint density at radius 2 is 1.75 bits per heavy atom. The summed E-state index contributed by atoms with van der Waals surface area (Å²) >= 11 is 0. The number of nitrogens with one attached hydrogen (secondary N) is 2. The number of benzene rings is 1. The summed E-state index contributed by atoms with van der Waals surface area (Å²) in [6.45, 7) is 1.83. The number of ether oxygens (including phenoxy) is 2. The van der Waals surface area contributed by atoms with Gasteiger partial charge in [0, 0.05) is 12.6 Å². The molecule has 11 heteroatoms. The van der Waals surface area contributed by atoms with Crippen LogP contribution < -0.4 is 10.6 Å². The molecule has 2 unspecified atom stereocenters. The number of carbonyl (C=O) groups excluding carboxylic acids is 1. The summed E-state index contributed by atoms with van der Waals surface area (Å²) in [5.74, 6) is 0. The topological polar surface area (TPSA) is 59.6 Å². The third-order valence-corrected chi connectivity index (χ3v) is 4.78. The number of rotatable bonds is 4. The minimum absolute atomic E-state index is 0.0534. The van der Waals surface area contributed by atoms with Crippen molar-refractivity contribution in [3.63, 3.8) is 0 Å². The fraction of sp³-hybridized carbons (Fsp3) is 0.588. The predicted molar refractivity (Wildman–Crippen MR) is 84.4 cm³/mol. The third-order valence-electron chi connectivity index (χ3n) is 4.78. The highest BCUT2D eigenvalue weighted by Crippen LogP contribution is 2.38. The highest BCUT2D eigenvalue weighted by atomic mass is 19.4. The van der Waals surface area contributed by atoms with Crippen LogP contribution in [0.2, 0.25) is 0 Å². The van der Waals surface area contributed by atoms with Crippen LogP contribution >= 0.6 is 0 Å². The summed E-state index contributed by atoms with van der Waals surface area (Å²) in [6.07, 6.45) is -11.2. The van der Waals surface area contributed by atoms with Crippen molar-refractivity contribution in [3.8, 4) is 0 Å². The molecule has 156 valence electrons. The number of alkyl halides is 6. The molecule has 0 saturated carbocycles. The lowest BCUT2D eigenvalue weighted by Gasteiger charge is -2.31. The van der Waals surface area contributed by atoms with Gasteiger partial charge in [0.15, 0.2) is 0 Å². The van der Waals surface area contributed by atoms with Gasteiger partial charge in [0.25, 0.3) is 0 Å². The molecule has 0 spiro atoms. The molecule has 2 fully saturated rings. The van der Waals surface area contributed by atoms with E-state index in [-0.39, 0.29) is 36.4 Å². The Morgan fingerprint density at radius 1 is 1.14 bits per heavy atom. The van der Waals surface area contributed by atoms with Crippen molar-refractivity contribution in [1.29, 1.82) is 0 Å². The lowest BCUT2D eigenvalue weighted by atomic mass is 9.98. The van der Waals surface area contributed by atoms with E-state index in [1.165, 1.54) is 6.92 Å². The van der Waals surface area contributed by atoms with E-state index in [1.54, 1.807) is 0 Å². The summed E-state index contributed by atoms with van der Waals surface area (Å²) in [5.41, 5.74) is -2.97. The minimum atomic E-state index is -4.91. The molecule has 2 aliphatic rings. The Hall–Kier alpha value is -2.01. The number of amides is 1. The second-order valence-electron chi connectivity index (χ2n) is 6.85. The number of hydrogen-bond acceptors (Lipinski definition) is 4. The van der Waals surface area contributed by atoms with E-state index in [0.717, 1.165) is 0 Å². The van der Waals surface area contributed by atoms with Gasteiger partial charge in [-0.15, -0.1) is 0 Å². The quantitative estimate of drug-likeness (QED) is 0.742. The van der Waals surface area contributed by atoms with Crippen LogP contribution in [0.3, 0.4) is 0 Å². The zero-order chi connectivity index (χ0) is 20.7. The fourth-order valence-corrected chi connectivity index (χ4v) is 3.26.